The van der Waals surface area contributed by atoms with Gasteiger partial charge in [0, 0.05) is 13.1 Å². The van der Waals surface area contributed by atoms with Crippen LogP contribution in [-0.2, 0) is 17.5 Å². The van der Waals surface area contributed by atoms with Crippen molar-refractivity contribution in [3.8, 4) is 0 Å². The maximum Gasteiger partial charge on any atom is 0.418 e. The molecule has 0 bridgehead atoms. The van der Waals surface area contributed by atoms with Crippen LogP contribution in [0.25, 0.3) is 0 Å². The number of alkyl halides is 3. The summed E-state index contributed by atoms with van der Waals surface area (Å²) in [7, 11) is 0. The van der Waals surface area contributed by atoms with Crippen LogP contribution in [0.2, 0.25) is 0 Å². The second-order valence-corrected chi connectivity index (χ2v) is 6.23. The third kappa shape index (κ3) is 4.11. The Morgan fingerprint density at radius 2 is 1.93 bits per heavy atom. The van der Waals surface area contributed by atoms with E-state index in [4.69, 9.17) is 5.11 Å². The van der Waals surface area contributed by atoms with Gasteiger partial charge in [0.15, 0.2) is 0 Å². The largest absolute Gasteiger partial charge is 0.478 e. The summed E-state index contributed by atoms with van der Waals surface area (Å²) in [6.07, 6.45) is -4.18. The zero-order valence-corrected chi connectivity index (χ0v) is 14.2. The van der Waals surface area contributed by atoms with Crippen molar-refractivity contribution in [1.29, 1.82) is 0 Å². The number of halogens is 3. The monoisotopic (exact) mass is 378 g/mol. The summed E-state index contributed by atoms with van der Waals surface area (Å²) in [4.78, 5) is 24.7. The van der Waals surface area contributed by atoms with E-state index < -0.39 is 29.7 Å². The summed E-state index contributed by atoms with van der Waals surface area (Å²) in [5.74, 6) is -1.48. The van der Waals surface area contributed by atoms with Gasteiger partial charge in [0.2, 0.25) is 5.91 Å². The fraction of sp³-hybridized carbons (Fsp3) is 0.263. The molecule has 0 spiro atoms. The second-order valence-electron chi connectivity index (χ2n) is 6.23. The summed E-state index contributed by atoms with van der Waals surface area (Å²) in [5.41, 5.74) is -0.176. The number of carbonyl (C=O) groups is 2. The Bertz CT molecular complexity index is 867. The van der Waals surface area contributed by atoms with Gasteiger partial charge in [-0.1, -0.05) is 24.3 Å². The molecule has 1 saturated heterocycles. The van der Waals surface area contributed by atoms with Crippen molar-refractivity contribution in [2.45, 2.75) is 25.2 Å². The molecule has 0 saturated carbocycles. The van der Waals surface area contributed by atoms with E-state index in [1.807, 2.05) is 0 Å². The molecule has 27 heavy (non-hydrogen) atoms. The van der Waals surface area contributed by atoms with Gasteiger partial charge >= 0.3 is 12.1 Å². The molecule has 1 aliphatic rings. The molecule has 0 radical (unpaired) electrons. The Kier molecular flexibility index (Phi) is 5.18. The summed E-state index contributed by atoms with van der Waals surface area (Å²) < 4.78 is 39.6. The van der Waals surface area contributed by atoms with Crippen molar-refractivity contribution in [3.05, 3.63) is 65.2 Å². The first-order valence-electron chi connectivity index (χ1n) is 8.30. The van der Waals surface area contributed by atoms with Crippen LogP contribution in [0.1, 0.15) is 27.9 Å². The molecule has 0 aliphatic carbocycles. The van der Waals surface area contributed by atoms with E-state index in [0.29, 0.717) is 12.0 Å². The highest BCUT2D eigenvalue weighted by atomic mass is 19.4. The number of nitrogens with zero attached hydrogens (tertiary/aromatic N) is 1. The lowest BCUT2D eigenvalue weighted by atomic mass is 10.1. The summed E-state index contributed by atoms with van der Waals surface area (Å²) in [5, 5.41) is 12.0. The van der Waals surface area contributed by atoms with Gasteiger partial charge in [-0.05, 0) is 36.2 Å². The Hall–Kier alpha value is -2.87. The van der Waals surface area contributed by atoms with Gasteiger partial charge in [0.1, 0.15) is 0 Å². The predicted molar refractivity (Wildman–Crippen MR) is 92.4 cm³/mol. The molecule has 8 heteroatoms. The normalized spacial score (nSPS) is 17.4. The molecule has 142 valence electrons. The zero-order chi connectivity index (χ0) is 19.6. The van der Waals surface area contributed by atoms with E-state index in [2.05, 4.69) is 5.32 Å². The SMILES string of the molecule is O=C(O)c1cccc(CNC2CCN(c3ccccc3C(F)(F)F)C2=O)c1. The number of para-hydroxylation sites is 1. The minimum atomic E-state index is -4.54. The third-order valence-electron chi connectivity index (χ3n) is 4.43. The van der Waals surface area contributed by atoms with E-state index in [0.717, 1.165) is 11.0 Å². The highest BCUT2D eigenvalue weighted by molar-refractivity contribution is 6.00. The molecule has 2 N–H and O–H groups in total. The quantitative estimate of drug-likeness (QED) is 0.838. The average molecular weight is 378 g/mol. The van der Waals surface area contributed by atoms with E-state index in [1.165, 1.54) is 30.3 Å². The van der Waals surface area contributed by atoms with Gasteiger partial charge in [-0.25, -0.2) is 4.79 Å². The van der Waals surface area contributed by atoms with Crippen LogP contribution in [-0.4, -0.2) is 29.6 Å². The summed E-state index contributed by atoms with van der Waals surface area (Å²) in [6, 6.07) is 10.7. The molecule has 0 aromatic heterocycles. The number of carboxylic acid groups (broad SMARTS) is 1. The van der Waals surface area contributed by atoms with E-state index in [9.17, 15) is 22.8 Å². The molecule has 2 aromatic carbocycles. The Labute approximate surface area is 153 Å². The Balaban J connectivity index is 1.71. The molecule has 5 nitrogen and oxygen atoms in total. The number of hydrogen-bond acceptors (Lipinski definition) is 3. The number of hydrogen-bond donors (Lipinski definition) is 2. The number of rotatable bonds is 5. The van der Waals surface area contributed by atoms with Crippen molar-refractivity contribution < 1.29 is 27.9 Å². The Morgan fingerprint density at radius 3 is 2.63 bits per heavy atom. The van der Waals surface area contributed by atoms with Gasteiger partial charge in [0.25, 0.3) is 0 Å². The molecule has 1 unspecified atom stereocenters. The number of aromatic carboxylic acids is 1. The van der Waals surface area contributed by atoms with Crippen LogP contribution >= 0.6 is 0 Å². The van der Waals surface area contributed by atoms with Gasteiger partial charge in [-0.2, -0.15) is 13.2 Å². The number of nitrogens with one attached hydrogen (secondary N) is 1. The first kappa shape index (κ1) is 18.9. The van der Waals surface area contributed by atoms with Crippen LogP contribution < -0.4 is 10.2 Å². The molecule has 1 aliphatic heterocycles. The van der Waals surface area contributed by atoms with Crippen molar-refractivity contribution in [2.75, 3.05) is 11.4 Å². The predicted octanol–water partition coefficient (Wildman–Crippen LogP) is 3.30. The average Bonchev–Trinajstić information content (AvgIpc) is 3.00. The minimum Gasteiger partial charge on any atom is -0.478 e. The minimum absolute atomic E-state index is 0.132. The molecular formula is C19H17F3N2O3. The van der Waals surface area contributed by atoms with E-state index in [1.54, 1.807) is 12.1 Å². The second kappa shape index (κ2) is 7.40. The third-order valence-corrected chi connectivity index (χ3v) is 4.43. The van der Waals surface area contributed by atoms with Crippen LogP contribution in [0.3, 0.4) is 0 Å². The highest BCUT2D eigenvalue weighted by Gasteiger charge is 2.39. The van der Waals surface area contributed by atoms with Gasteiger partial charge < -0.3 is 15.3 Å². The van der Waals surface area contributed by atoms with Gasteiger partial charge in [-0.15, -0.1) is 0 Å². The van der Waals surface area contributed by atoms with E-state index in [-0.39, 0.29) is 24.3 Å². The molecular weight excluding hydrogens is 361 g/mol. The Morgan fingerprint density at radius 1 is 1.19 bits per heavy atom. The van der Waals surface area contributed by atoms with Crippen molar-refractivity contribution in [1.82, 2.24) is 5.32 Å². The van der Waals surface area contributed by atoms with Gasteiger partial charge in [-0.3, -0.25) is 4.79 Å². The molecule has 1 amide bonds. The first-order valence-corrected chi connectivity index (χ1v) is 8.30. The van der Waals surface area contributed by atoms with Crippen LogP contribution in [0, 0.1) is 0 Å². The molecule has 3 rings (SSSR count). The maximum absolute atomic E-state index is 13.2. The lowest BCUT2D eigenvalue weighted by Crippen LogP contribution is -2.38. The highest BCUT2D eigenvalue weighted by Crippen LogP contribution is 2.37. The maximum atomic E-state index is 13.2. The topological polar surface area (TPSA) is 69.6 Å². The lowest BCUT2D eigenvalue weighted by molar-refractivity contribution is -0.137. The smallest absolute Gasteiger partial charge is 0.418 e. The fourth-order valence-electron chi connectivity index (χ4n) is 3.11. The number of anilines is 1. The fourth-order valence-corrected chi connectivity index (χ4v) is 3.11. The standard InChI is InChI=1S/C19H17F3N2O3/c20-19(21,22)14-6-1-2-7-16(14)24-9-8-15(17(24)25)23-11-12-4-3-5-13(10-12)18(26)27/h1-7,10,15,23H,8-9,11H2,(H,26,27). The van der Waals surface area contributed by atoms with Crippen LogP contribution in [0.15, 0.2) is 48.5 Å². The number of carbonyl (C=O) groups excluding carboxylic acids is 1. The van der Waals surface area contributed by atoms with Crippen molar-refractivity contribution in [3.63, 3.8) is 0 Å². The summed E-state index contributed by atoms with van der Waals surface area (Å²) in [6.45, 7) is 0.422. The van der Waals surface area contributed by atoms with Crippen molar-refractivity contribution in [2.24, 2.45) is 0 Å². The van der Waals surface area contributed by atoms with E-state index >= 15 is 0 Å². The first-order chi connectivity index (χ1) is 12.8. The molecule has 2 aromatic rings. The molecule has 1 atom stereocenters. The van der Waals surface area contributed by atoms with Crippen LogP contribution in [0.5, 0.6) is 0 Å². The molecule has 1 heterocycles. The number of amides is 1. The number of carboxylic acids is 1. The number of benzene rings is 2. The summed E-state index contributed by atoms with van der Waals surface area (Å²) >= 11 is 0. The lowest BCUT2D eigenvalue weighted by Gasteiger charge is -2.21. The van der Waals surface area contributed by atoms with Gasteiger partial charge in [0.05, 0.1) is 22.9 Å². The van der Waals surface area contributed by atoms with Crippen molar-refractivity contribution >= 4 is 17.6 Å². The molecule has 1 fully saturated rings. The zero-order valence-electron chi connectivity index (χ0n) is 14.2. The van der Waals surface area contributed by atoms with Crippen LogP contribution in [0.4, 0.5) is 18.9 Å².